The molecule has 1 amide bonds. The van der Waals surface area contributed by atoms with Gasteiger partial charge in [-0.3, -0.25) is 14.7 Å². The Balaban J connectivity index is 1.26. The summed E-state index contributed by atoms with van der Waals surface area (Å²) in [5.74, 6) is -3.98. The van der Waals surface area contributed by atoms with Crippen LogP contribution in [-0.2, 0) is 0 Å². The highest BCUT2D eigenvalue weighted by atomic mass is 35.5. The van der Waals surface area contributed by atoms with Crippen molar-refractivity contribution in [3.8, 4) is 6.07 Å². The molecular weight excluding hydrogens is 726 g/mol. The lowest BCUT2D eigenvalue weighted by molar-refractivity contribution is -0.113. The maximum Gasteiger partial charge on any atom is 0.282 e. The number of fused-ring (bicyclic) bond motifs is 1. The van der Waals surface area contributed by atoms with Gasteiger partial charge in [-0.05, 0) is 81.6 Å². The molecule has 53 heavy (non-hydrogen) atoms. The zero-order valence-corrected chi connectivity index (χ0v) is 30.7. The molecule has 2 fully saturated rings. The van der Waals surface area contributed by atoms with Gasteiger partial charge in [0, 0.05) is 47.1 Å². The van der Waals surface area contributed by atoms with Gasteiger partial charge in [0.25, 0.3) is 11.8 Å². The first kappa shape index (κ1) is 36.5. The molecule has 10 nitrogen and oxygen atoms in total. The molecule has 4 heterocycles. The zero-order chi connectivity index (χ0) is 37.7. The van der Waals surface area contributed by atoms with E-state index in [-0.39, 0.29) is 32.8 Å². The Kier molecular flexibility index (Phi) is 9.74. The van der Waals surface area contributed by atoms with Gasteiger partial charge in [0.2, 0.25) is 0 Å². The molecule has 2 saturated heterocycles. The number of pyridine rings is 1. The van der Waals surface area contributed by atoms with Crippen LogP contribution < -0.4 is 10.6 Å². The molecule has 5 aromatic rings. The maximum atomic E-state index is 14.0. The number of amides is 1. The van der Waals surface area contributed by atoms with Crippen molar-refractivity contribution in [1.82, 2.24) is 29.8 Å². The number of nitriles is 1. The minimum absolute atomic E-state index is 0.0635. The summed E-state index contributed by atoms with van der Waals surface area (Å²) in [7, 11) is 0. The molecule has 2 N–H and O–H groups in total. The summed E-state index contributed by atoms with van der Waals surface area (Å²) >= 11 is 12.9. The SMILES string of the molecule is CC(C)(C)N1CCC(n2cc([C@@H](Nc3cc(Cl)c4ncc(C#N)c(Nc5ccc(F)c(Cl)c5)c4c3)c3cccc(C(=O)N4CC(F)(F)C4)c3)nn2)CC1. The second kappa shape index (κ2) is 14.2. The lowest BCUT2D eigenvalue weighted by Crippen LogP contribution is -2.58. The number of benzene rings is 3. The number of nitrogens with zero attached hydrogens (tertiary/aromatic N) is 7. The summed E-state index contributed by atoms with van der Waals surface area (Å²) in [5.41, 5.74) is 3.50. The van der Waals surface area contributed by atoms with E-state index in [2.05, 4.69) is 57.7 Å². The van der Waals surface area contributed by atoms with Gasteiger partial charge >= 0.3 is 0 Å². The first-order valence-corrected chi connectivity index (χ1v) is 17.9. The van der Waals surface area contributed by atoms with Crippen molar-refractivity contribution in [3.05, 3.63) is 105 Å². The molecule has 0 bridgehead atoms. The number of halogens is 5. The predicted molar refractivity (Wildman–Crippen MR) is 199 cm³/mol. The molecule has 7 rings (SSSR count). The summed E-state index contributed by atoms with van der Waals surface area (Å²) in [6, 6.07) is 16.0. The van der Waals surface area contributed by atoms with E-state index in [0.29, 0.717) is 39.2 Å². The monoisotopic (exact) mass is 761 g/mol. The van der Waals surface area contributed by atoms with Crippen LogP contribution >= 0.6 is 23.2 Å². The third-order valence-electron chi connectivity index (χ3n) is 9.75. The number of carbonyl (C=O) groups excluding carboxylic acids is 1. The average molecular weight is 763 g/mol. The van der Waals surface area contributed by atoms with Crippen LogP contribution in [0.25, 0.3) is 10.9 Å². The number of likely N-dealkylation sites (tertiary alicyclic amines) is 2. The van der Waals surface area contributed by atoms with Crippen molar-refractivity contribution in [3.63, 3.8) is 0 Å². The number of nitrogens with one attached hydrogen (secondary N) is 2. The van der Waals surface area contributed by atoms with E-state index >= 15 is 0 Å². The lowest BCUT2D eigenvalue weighted by Gasteiger charge is -2.40. The number of anilines is 3. The second-order valence-electron chi connectivity index (χ2n) is 14.5. The van der Waals surface area contributed by atoms with Gasteiger partial charge in [-0.25, -0.2) is 17.9 Å². The minimum Gasteiger partial charge on any atom is -0.373 e. The second-order valence-corrected chi connectivity index (χ2v) is 15.3. The molecule has 2 aliphatic rings. The molecule has 0 aliphatic carbocycles. The van der Waals surface area contributed by atoms with Gasteiger partial charge in [0.15, 0.2) is 0 Å². The maximum absolute atomic E-state index is 14.0. The first-order valence-electron chi connectivity index (χ1n) is 17.1. The van der Waals surface area contributed by atoms with Crippen LogP contribution in [0.15, 0.2) is 67.0 Å². The quantitative estimate of drug-likeness (QED) is 0.162. The molecule has 274 valence electrons. The number of piperidine rings is 1. The molecule has 2 aliphatic heterocycles. The molecular formula is C38H36Cl2F3N9O. The van der Waals surface area contributed by atoms with E-state index in [4.69, 9.17) is 23.2 Å². The zero-order valence-electron chi connectivity index (χ0n) is 29.2. The topological polar surface area (TPSA) is 115 Å². The highest BCUT2D eigenvalue weighted by molar-refractivity contribution is 6.36. The minimum atomic E-state index is -2.90. The Hall–Kier alpha value is -4.90. The predicted octanol–water partition coefficient (Wildman–Crippen LogP) is 8.62. The molecule has 0 saturated carbocycles. The first-order chi connectivity index (χ1) is 25.2. The normalized spacial score (nSPS) is 16.9. The summed E-state index contributed by atoms with van der Waals surface area (Å²) in [6.07, 6.45) is 5.08. The number of hydrogen-bond donors (Lipinski definition) is 2. The van der Waals surface area contributed by atoms with Crippen LogP contribution in [0.3, 0.4) is 0 Å². The Bertz CT molecular complexity index is 2230. The molecule has 2 aromatic heterocycles. The number of carbonyl (C=O) groups is 1. The summed E-state index contributed by atoms with van der Waals surface area (Å²) < 4.78 is 43.2. The van der Waals surface area contributed by atoms with Crippen LogP contribution in [0.1, 0.15) is 72.9 Å². The van der Waals surface area contributed by atoms with E-state index < -0.39 is 36.8 Å². The molecule has 1 atom stereocenters. The van der Waals surface area contributed by atoms with E-state index in [1.54, 1.807) is 30.3 Å². The largest absolute Gasteiger partial charge is 0.373 e. The van der Waals surface area contributed by atoms with Crippen LogP contribution in [0, 0.1) is 17.1 Å². The van der Waals surface area contributed by atoms with Crippen molar-refractivity contribution < 1.29 is 18.0 Å². The Labute approximate surface area is 314 Å². The Morgan fingerprint density at radius 1 is 1.04 bits per heavy atom. The molecule has 3 aromatic carbocycles. The molecule has 0 unspecified atom stereocenters. The van der Waals surface area contributed by atoms with Crippen molar-refractivity contribution in [2.24, 2.45) is 0 Å². The summed E-state index contributed by atoms with van der Waals surface area (Å²) in [5, 5.41) is 26.5. The average Bonchev–Trinajstić information content (AvgIpc) is 3.61. The van der Waals surface area contributed by atoms with Gasteiger partial charge < -0.3 is 15.5 Å². The lowest BCUT2D eigenvalue weighted by atomic mass is 9.98. The van der Waals surface area contributed by atoms with Gasteiger partial charge in [0.05, 0.1) is 58.2 Å². The Morgan fingerprint density at radius 3 is 2.45 bits per heavy atom. The van der Waals surface area contributed by atoms with Crippen molar-refractivity contribution in [1.29, 1.82) is 5.26 Å². The van der Waals surface area contributed by atoms with Gasteiger partial charge in [-0.15, -0.1) is 5.10 Å². The van der Waals surface area contributed by atoms with E-state index in [1.165, 1.54) is 24.4 Å². The standard InChI is InChI=1S/C38H36Cl2F3N9O/c1-37(2,3)51-11-9-27(10-12-51)52-19-32(48-49-52)34(22-5-4-6-23(13-22)36(53)50-20-38(42,43)21-50)47-26-14-28-33(46-25-7-8-31(41)29(39)15-25)24(17-44)18-45-35(28)30(40)16-26/h4-8,13-16,18-19,27,34,47H,9-12,20-21H2,1-3H3,(H,45,46)/t34-/m0/s1. The van der Waals surface area contributed by atoms with Crippen LogP contribution in [-0.4, -0.2) is 73.3 Å². The van der Waals surface area contributed by atoms with Crippen molar-refractivity contribution >= 4 is 57.1 Å². The van der Waals surface area contributed by atoms with Gasteiger partial charge in [0.1, 0.15) is 17.6 Å². The highest BCUT2D eigenvalue weighted by Crippen LogP contribution is 2.38. The van der Waals surface area contributed by atoms with Gasteiger partial charge in [-0.1, -0.05) is 40.5 Å². The third kappa shape index (κ3) is 7.62. The summed E-state index contributed by atoms with van der Waals surface area (Å²) in [6.45, 7) is 7.19. The third-order valence-corrected chi connectivity index (χ3v) is 10.3. The van der Waals surface area contributed by atoms with E-state index in [0.717, 1.165) is 30.8 Å². The highest BCUT2D eigenvalue weighted by Gasteiger charge is 2.46. The van der Waals surface area contributed by atoms with Crippen LogP contribution in [0.4, 0.5) is 30.2 Å². The van der Waals surface area contributed by atoms with Crippen molar-refractivity contribution in [2.75, 3.05) is 36.8 Å². The van der Waals surface area contributed by atoms with Gasteiger partial charge in [-0.2, -0.15) is 5.26 Å². The van der Waals surface area contributed by atoms with Crippen LogP contribution in [0.5, 0.6) is 0 Å². The number of rotatable bonds is 8. The fraction of sp³-hybridized carbons (Fsp3) is 0.342. The number of hydrogen-bond acceptors (Lipinski definition) is 8. The fourth-order valence-electron chi connectivity index (χ4n) is 6.87. The smallest absolute Gasteiger partial charge is 0.282 e. The van der Waals surface area contributed by atoms with E-state index in [9.17, 15) is 23.2 Å². The molecule has 0 spiro atoms. The fourth-order valence-corrected chi connectivity index (χ4v) is 7.32. The summed E-state index contributed by atoms with van der Waals surface area (Å²) in [4.78, 5) is 21.2. The number of aromatic nitrogens is 4. The Morgan fingerprint density at radius 2 is 1.77 bits per heavy atom. The molecule has 15 heteroatoms. The van der Waals surface area contributed by atoms with E-state index in [1.807, 2.05) is 16.9 Å². The molecule has 0 radical (unpaired) electrons. The van der Waals surface area contributed by atoms with Crippen molar-refractivity contribution in [2.45, 2.75) is 57.2 Å². The number of alkyl halides is 2. The van der Waals surface area contributed by atoms with Crippen LogP contribution in [0.2, 0.25) is 10.0 Å².